The van der Waals surface area contributed by atoms with Crippen LogP contribution in [-0.4, -0.2) is 32.9 Å². The Morgan fingerprint density at radius 2 is 2.00 bits per heavy atom. The summed E-state index contributed by atoms with van der Waals surface area (Å²) < 4.78 is 0. The van der Waals surface area contributed by atoms with E-state index in [4.69, 9.17) is 10.8 Å². The molecule has 0 spiro atoms. The van der Waals surface area contributed by atoms with Gasteiger partial charge in [-0.15, -0.1) is 0 Å². The van der Waals surface area contributed by atoms with E-state index in [9.17, 15) is 14.4 Å². The number of carbonyl (C=O) groups is 3. The molecule has 1 aromatic heterocycles. The fourth-order valence-electron chi connectivity index (χ4n) is 1.78. The molecule has 1 aromatic carbocycles. The Kier molecular flexibility index (Phi) is 3.98. The van der Waals surface area contributed by atoms with Gasteiger partial charge in [-0.1, -0.05) is 18.2 Å². The zero-order valence-electron chi connectivity index (χ0n) is 10.7. The molecule has 0 atom stereocenters. The van der Waals surface area contributed by atoms with Crippen LogP contribution in [0.15, 0.2) is 30.6 Å². The van der Waals surface area contributed by atoms with Gasteiger partial charge in [0, 0.05) is 5.69 Å². The maximum absolute atomic E-state index is 12.0. The van der Waals surface area contributed by atoms with Crippen molar-refractivity contribution < 1.29 is 19.5 Å². The quantitative estimate of drug-likeness (QED) is 0.744. The zero-order valence-corrected chi connectivity index (χ0v) is 10.7. The van der Waals surface area contributed by atoms with Gasteiger partial charge in [-0.25, -0.2) is 9.78 Å². The van der Waals surface area contributed by atoms with Crippen molar-refractivity contribution >= 4 is 23.5 Å². The van der Waals surface area contributed by atoms with E-state index in [1.807, 2.05) is 0 Å². The summed E-state index contributed by atoms with van der Waals surface area (Å²) in [5, 5.41) is 11.4. The first-order valence-corrected chi connectivity index (χ1v) is 5.89. The molecule has 8 heteroatoms. The molecule has 0 aliphatic carbocycles. The number of rotatable bonds is 5. The predicted octanol–water partition coefficient (Wildman–Crippen LogP) is 0.712. The number of aromatic nitrogens is 2. The third-order valence-corrected chi connectivity index (χ3v) is 2.68. The van der Waals surface area contributed by atoms with Crippen molar-refractivity contribution in [2.45, 2.75) is 6.42 Å². The summed E-state index contributed by atoms with van der Waals surface area (Å²) in [6.45, 7) is 0. The van der Waals surface area contributed by atoms with Crippen LogP contribution < -0.4 is 11.1 Å². The van der Waals surface area contributed by atoms with Gasteiger partial charge in [0.05, 0.1) is 12.7 Å². The van der Waals surface area contributed by atoms with Gasteiger partial charge in [0.15, 0.2) is 11.4 Å². The molecule has 1 radical (unpaired) electrons. The Morgan fingerprint density at radius 3 is 2.67 bits per heavy atom. The van der Waals surface area contributed by atoms with Crippen molar-refractivity contribution in [3.63, 3.8) is 0 Å². The summed E-state index contributed by atoms with van der Waals surface area (Å²) in [5.41, 5.74) is 7.21. The Morgan fingerprint density at radius 1 is 1.29 bits per heavy atom. The Bertz CT molecular complexity index is 708. The molecule has 21 heavy (non-hydrogen) atoms. The largest absolute Gasteiger partial charge is 0.477 e. The molecular weight excluding hydrogens is 276 g/mol. The second kappa shape index (κ2) is 5.87. The normalized spacial score (nSPS) is 10.1. The number of hydrogen-bond donors (Lipinski definition) is 3. The lowest BCUT2D eigenvalue weighted by atomic mass is 10.1. The van der Waals surface area contributed by atoms with Crippen molar-refractivity contribution in [2.75, 3.05) is 5.32 Å². The molecule has 0 saturated heterocycles. The van der Waals surface area contributed by atoms with Gasteiger partial charge < -0.3 is 15.4 Å². The molecule has 0 bridgehead atoms. The molecule has 107 valence electrons. The maximum atomic E-state index is 12.0. The number of hydrogen-bond acceptors (Lipinski definition) is 4. The fourth-order valence-corrected chi connectivity index (χ4v) is 1.78. The Hall–Kier alpha value is -3.16. The van der Waals surface area contributed by atoms with Crippen LogP contribution in [0, 0.1) is 0 Å². The number of H-pyrrole nitrogens is 1. The van der Waals surface area contributed by atoms with Crippen molar-refractivity contribution in [3.05, 3.63) is 47.5 Å². The smallest absolute Gasteiger partial charge is 0.354 e. The van der Waals surface area contributed by atoms with E-state index >= 15 is 0 Å². The number of carboxylic acids is 1. The Labute approximate surface area is 119 Å². The molecule has 0 saturated carbocycles. The highest BCUT2D eigenvalue weighted by Crippen LogP contribution is 2.17. The van der Waals surface area contributed by atoms with E-state index in [0.29, 0.717) is 11.3 Å². The number of nitrogens with one attached hydrogen (secondary N) is 3. The lowest BCUT2D eigenvalue weighted by molar-refractivity contribution is -0.118. The van der Waals surface area contributed by atoms with Gasteiger partial charge in [-0.3, -0.25) is 15.3 Å². The summed E-state index contributed by atoms with van der Waals surface area (Å²) in [6.07, 6.45) is 0.959. The Balaban J connectivity index is 2.26. The number of benzene rings is 1. The standard InChI is InChI=1S/C13H11N4O4/c14-9(18)5-7-3-1-2-4-8(7)17-12(19)10-11(13(20)21)16-6-15-10/h1-4,6,14H,5H2,(H,15,16)(H,17,19)(H,20,21). The van der Waals surface area contributed by atoms with Gasteiger partial charge in [0.1, 0.15) is 0 Å². The number of carbonyl (C=O) groups excluding carboxylic acids is 2. The minimum Gasteiger partial charge on any atom is -0.477 e. The summed E-state index contributed by atoms with van der Waals surface area (Å²) in [7, 11) is 0. The number of aromatic carboxylic acids is 1. The van der Waals surface area contributed by atoms with Crippen LogP contribution in [-0.2, 0) is 11.2 Å². The highest BCUT2D eigenvalue weighted by atomic mass is 16.4. The number of nitrogens with zero attached hydrogens (tertiary/aromatic N) is 1. The average Bonchev–Trinajstić information content (AvgIpc) is 2.90. The first-order valence-electron chi connectivity index (χ1n) is 5.89. The number of imidazole rings is 1. The monoisotopic (exact) mass is 287 g/mol. The van der Waals surface area contributed by atoms with E-state index < -0.39 is 17.8 Å². The van der Waals surface area contributed by atoms with Gasteiger partial charge >= 0.3 is 5.97 Å². The zero-order chi connectivity index (χ0) is 15.4. The molecule has 0 fully saturated rings. The van der Waals surface area contributed by atoms with Gasteiger partial charge in [-0.05, 0) is 11.6 Å². The number of aromatic amines is 1. The second-order valence-corrected chi connectivity index (χ2v) is 4.14. The first-order chi connectivity index (χ1) is 9.99. The highest BCUT2D eigenvalue weighted by Gasteiger charge is 2.20. The van der Waals surface area contributed by atoms with Gasteiger partial charge in [0.25, 0.3) is 5.91 Å². The van der Waals surface area contributed by atoms with Crippen molar-refractivity contribution in [1.29, 1.82) is 0 Å². The van der Waals surface area contributed by atoms with Crippen LogP contribution in [0.3, 0.4) is 0 Å². The molecule has 2 amide bonds. The fraction of sp³-hybridized carbons (Fsp3) is 0.0769. The lowest BCUT2D eigenvalue weighted by Gasteiger charge is -2.09. The molecule has 2 rings (SSSR count). The number of amides is 2. The first kappa shape index (κ1) is 14.3. The number of carboxylic acid groups (broad SMARTS) is 1. The van der Waals surface area contributed by atoms with Gasteiger partial charge in [-0.2, -0.15) is 0 Å². The summed E-state index contributed by atoms with van der Waals surface area (Å²) in [6, 6.07) is 6.48. The molecule has 0 unspecified atom stereocenters. The minimum atomic E-state index is -1.30. The predicted molar refractivity (Wildman–Crippen MR) is 71.7 cm³/mol. The molecule has 0 aliphatic heterocycles. The van der Waals surface area contributed by atoms with E-state index in [1.54, 1.807) is 24.3 Å². The van der Waals surface area contributed by atoms with E-state index in [1.165, 1.54) is 0 Å². The van der Waals surface area contributed by atoms with E-state index in [-0.39, 0.29) is 17.8 Å². The molecule has 2 aromatic rings. The van der Waals surface area contributed by atoms with Crippen molar-refractivity contribution in [2.24, 2.45) is 0 Å². The third-order valence-electron chi connectivity index (χ3n) is 2.68. The molecule has 8 nitrogen and oxygen atoms in total. The van der Waals surface area contributed by atoms with Crippen LogP contribution in [0.2, 0.25) is 0 Å². The second-order valence-electron chi connectivity index (χ2n) is 4.14. The van der Waals surface area contributed by atoms with E-state index in [0.717, 1.165) is 6.33 Å². The van der Waals surface area contributed by atoms with Crippen molar-refractivity contribution in [3.8, 4) is 0 Å². The van der Waals surface area contributed by atoms with Crippen molar-refractivity contribution in [1.82, 2.24) is 15.7 Å². The SMILES string of the molecule is [NH]C(=O)Cc1ccccc1NC(=O)c1nc[nH]c1C(=O)O. The third kappa shape index (κ3) is 3.24. The van der Waals surface area contributed by atoms with Crippen LogP contribution in [0.25, 0.3) is 0 Å². The van der Waals surface area contributed by atoms with Crippen LogP contribution in [0.1, 0.15) is 26.5 Å². The minimum absolute atomic E-state index is 0.150. The van der Waals surface area contributed by atoms with Crippen LogP contribution in [0.5, 0.6) is 0 Å². The number of para-hydroxylation sites is 1. The lowest BCUT2D eigenvalue weighted by Crippen LogP contribution is -2.18. The summed E-state index contributed by atoms with van der Waals surface area (Å²) >= 11 is 0. The molecular formula is C13H11N4O4. The molecule has 1 heterocycles. The molecule has 0 aliphatic rings. The highest BCUT2D eigenvalue weighted by molar-refractivity contribution is 6.09. The summed E-state index contributed by atoms with van der Waals surface area (Å²) in [5.74, 6) is -2.80. The maximum Gasteiger partial charge on any atom is 0.354 e. The van der Waals surface area contributed by atoms with Crippen LogP contribution >= 0.6 is 0 Å². The topological polar surface area (TPSA) is 136 Å². The molecule has 4 N–H and O–H groups in total. The van der Waals surface area contributed by atoms with Crippen LogP contribution in [0.4, 0.5) is 5.69 Å². The average molecular weight is 287 g/mol. The summed E-state index contributed by atoms with van der Waals surface area (Å²) in [4.78, 5) is 39.9. The van der Waals surface area contributed by atoms with Gasteiger partial charge in [0.2, 0.25) is 5.91 Å². The number of anilines is 1. The van der Waals surface area contributed by atoms with E-state index in [2.05, 4.69) is 15.3 Å².